The van der Waals surface area contributed by atoms with E-state index in [1.54, 1.807) is 0 Å². The number of hydrogen-bond donors (Lipinski definition) is 1. The maximum Gasteiger partial charge on any atom is 0.303 e. The number of carboxylic acid groups (broad SMARTS) is 1. The number of aliphatic carboxylic acids is 1. The highest BCUT2D eigenvalue weighted by molar-refractivity contribution is 5.66. The molecule has 2 heteroatoms. The minimum Gasteiger partial charge on any atom is -0.481 e. The third-order valence-corrected chi connectivity index (χ3v) is 6.36. The van der Waals surface area contributed by atoms with Crippen molar-refractivity contribution in [3.05, 3.63) is 0 Å². The Morgan fingerprint density at radius 2 is 1.61 bits per heavy atom. The molecule has 1 N–H and O–H groups in total. The predicted molar refractivity (Wildman–Crippen MR) is 96.5 cm³/mol. The Morgan fingerprint density at radius 1 is 0.957 bits per heavy atom. The van der Waals surface area contributed by atoms with Gasteiger partial charge in [-0.3, -0.25) is 4.79 Å². The third kappa shape index (κ3) is 7.72. The molecule has 134 valence electrons. The smallest absolute Gasteiger partial charge is 0.303 e. The van der Waals surface area contributed by atoms with E-state index >= 15 is 0 Å². The molecule has 0 radical (unpaired) electrons. The number of carboxylic acids is 1. The molecule has 0 heterocycles. The Bertz CT molecular complexity index is 352. The Labute approximate surface area is 143 Å². The summed E-state index contributed by atoms with van der Waals surface area (Å²) in [5.74, 6) is 4.53. The summed E-state index contributed by atoms with van der Waals surface area (Å²) < 4.78 is 0. The summed E-state index contributed by atoms with van der Waals surface area (Å²) in [6.07, 6.45) is 16.5. The van der Waals surface area contributed by atoms with Crippen molar-refractivity contribution in [3.63, 3.8) is 0 Å². The van der Waals surface area contributed by atoms with Crippen LogP contribution >= 0.6 is 0 Å². The van der Waals surface area contributed by atoms with Crippen molar-refractivity contribution in [1.29, 1.82) is 0 Å². The van der Waals surface area contributed by atoms with E-state index in [4.69, 9.17) is 5.11 Å². The minimum absolute atomic E-state index is 0.350. The van der Waals surface area contributed by atoms with Gasteiger partial charge in [0.2, 0.25) is 0 Å². The fourth-order valence-electron chi connectivity index (χ4n) is 4.46. The van der Waals surface area contributed by atoms with Crippen LogP contribution in [0.25, 0.3) is 0 Å². The van der Waals surface area contributed by atoms with Crippen molar-refractivity contribution in [3.8, 4) is 0 Å². The van der Waals surface area contributed by atoms with Crippen LogP contribution in [0.5, 0.6) is 0 Å². The van der Waals surface area contributed by atoms with Crippen LogP contribution in [-0.2, 0) is 4.79 Å². The van der Waals surface area contributed by atoms with E-state index in [0.717, 1.165) is 42.4 Å². The topological polar surface area (TPSA) is 37.3 Å². The van der Waals surface area contributed by atoms with E-state index in [0.29, 0.717) is 6.42 Å². The molecule has 5 atom stereocenters. The lowest BCUT2D eigenvalue weighted by atomic mass is 9.95. The summed E-state index contributed by atoms with van der Waals surface area (Å²) in [6, 6.07) is 0. The molecule has 2 nitrogen and oxygen atoms in total. The average Bonchev–Trinajstić information content (AvgIpc) is 3.40. The summed E-state index contributed by atoms with van der Waals surface area (Å²) in [4.78, 5) is 10.4. The van der Waals surface area contributed by atoms with E-state index in [9.17, 15) is 4.79 Å². The summed E-state index contributed by atoms with van der Waals surface area (Å²) in [5.41, 5.74) is 0. The molecule has 2 saturated carbocycles. The molecule has 23 heavy (non-hydrogen) atoms. The molecule has 0 aromatic rings. The first-order valence-electron chi connectivity index (χ1n) is 10.3. The van der Waals surface area contributed by atoms with Gasteiger partial charge < -0.3 is 5.11 Å². The molecule has 0 unspecified atom stereocenters. The van der Waals surface area contributed by atoms with Crippen molar-refractivity contribution in [1.82, 2.24) is 0 Å². The highest BCUT2D eigenvalue weighted by atomic mass is 16.4. The van der Waals surface area contributed by atoms with Gasteiger partial charge in [0.15, 0.2) is 0 Å². The van der Waals surface area contributed by atoms with Gasteiger partial charge in [0.25, 0.3) is 0 Å². The fraction of sp³-hybridized carbons (Fsp3) is 0.952. The molecule has 2 fully saturated rings. The van der Waals surface area contributed by atoms with Crippen LogP contribution in [0, 0.1) is 29.6 Å². The van der Waals surface area contributed by atoms with Gasteiger partial charge in [-0.25, -0.2) is 0 Å². The Kier molecular flexibility index (Phi) is 7.92. The SMILES string of the molecule is CC[C@@H]1C[C@@H]1C[C@@H](C)CC[C@H]1C[C@H]1CCCCCCCC(=O)O. The maximum atomic E-state index is 10.4. The molecular weight excluding hydrogens is 284 g/mol. The first-order chi connectivity index (χ1) is 11.1. The summed E-state index contributed by atoms with van der Waals surface area (Å²) in [5, 5.41) is 8.59. The molecule has 0 aromatic heterocycles. The lowest BCUT2D eigenvalue weighted by Crippen LogP contribution is -1.98. The van der Waals surface area contributed by atoms with Gasteiger partial charge in [0.1, 0.15) is 0 Å². The number of carbonyl (C=O) groups is 1. The molecule has 0 aliphatic heterocycles. The van der Waals surface area contributed by atoms with Crippen LogP contribution in [0.2, 0.25) is 0 Å². The Hall–Kier alpha value is -0.530. The quantitative estimate of drug-likeness (QED) is 0.381. The summed E-state index contributed by atoms with van der Waals surface area (Å²) >= 11 is 0. The second kappa shape index (κ2) is 9.69. The highest BCUT2D eigenvalue weighted by Gasteiger charge is 2.38. The maximum absolute atomic E-state index is 10.4. The monoisotopic (exact) mass is 322 g/mol. The van der Waals surface area contributed by atoms with E-state index in [1.807, 2.05) is 0 Å². The van der Waals surface area contributed by atoms with Crippen LogP contribution in [-0.4, -0.2) is 11.1 Å². The lowest BCUT2D eigenvalue weighted by Gasteiger charge is -2.10. The van der Waals surface area contributed by atoms with E-state index in [1.165, 1.54) is 64.2 Å². The van der Waals surface area contributed by atoms with Gasteiger partial charge in [-0.15, -0.1) is 0 Å². The fourth-order valence-corrected chi connectivity index (χ4v) is 4.46. The van der Waals surface area contributed by atoms with Crippen molar-refractivity contribution >= 4 is 5.97 Å². The van der Waals surface area contributed by atoms with Crippen molar-refractivity contribution in [2.24, 2.45) is 29.6 Å². The first kappa shape index (κ1) is 18.8. The van der Waals surface area contributed by atoms with Crippen LogP contribution in [0.1, 0.15) is 97.3 Å². The van der Waals surface area contributed by atoms with Gasteiger partial charge in [-0.2, -0.15) is 0 Å². The normalized spacial score (nSPS) is 30.2. The molecular formula is C21H38O2. The van der Waals surface area contributed by atoms with Gasteiger partial charge >= 0.3 is 5.97 Å². The molecule has 0 saturated heterocycles. The average molecular weight is 323 g/mol. The Balaban J connectivity index is 1.37. The van der Waals surface area contributed by atoms with E-state index in [-0.39, 0.29) is 0 Å². The zero-order valence-corrected chi connectivity index (χ0v) is 15.4. The van der Waals surface area contributed by atoms with Gasteiger partial charge in [0.05, 0.1) is 0 Å². The van der Waals surface area contributed by atoms with Crippen molar-refractivity contribution in [2.75, 3.05) is 0 Å². The number of rotatable bonds is 14. The molecule has 2 rings (SSSR count). The molecule has 0 amide bonds. The lowest BCUT2D eigenvalue weighted by molar-refractivity contribution is -0.137. The standard InChI is InChI=1S/C21H38O2/c1-3-17-14-20(17)13-16(2)11-12-19-15-18(19)9-7-5-4-6-8-10-21(22)23/h16-20H,3-15H2,1-2H3,(H,22,23)/t16-,17+,18+,19-,20-/m0/s1. The molecule has 0 spiro atoms. The second-order valence-corrected chi connectivity index (χ2v) is 8.54. The molecule has 0 bridgehead atoms. The minimum atomic E-state index is -0.646. The number of unbranched alkanes of at least 4 members (excludes halogenated alkanes) is 4. The largest absolute Gasteiger partial charge is 0.481 e. The zero-order chi connectivity index (χ0) is 16.7. The molecule has 2 aliphatic rings. The second-order valence-electron chi connectivity index (χ2n) is 8.54. The van der Waals surface area contributed by atoms with Crippen LogP contribution in [0.3, 0.4) is 0 Å². The number of hydrogen-bond acceptors (Lipinski definition) is 1. The summed E-state index contributed by atoms with van der Waals surface area (Å²) in [6.45, 7) is 4.82. The molecule has 2 aliphatic carbocycles. The zero-order valence-electron chi connectivity index (χ0n) is 15.4. The van der Waals surface area contributed by atoms with Crippen LogP contribution < -0.4 is 0 Å². The highest BCUT2D eigenvalue weighted by Crippen LogP contribution is 2.48. The van der Waals surface area contributed by atoms with Crippen molar-refractivity contribution < 1.29 is 9.90 Å². The van der Waals surface area contributed by atoms with Crippen LogP contribution in [0.4, 0.5) is 0 Å². The van der Waals surface area contributed by atoms with Crippen LogP contribution in [0.15, 0.2) is 0 Å². The van der Waals surface area contributed by atoms with Crippen molar-refractivity contribution in [2.45, 2.75) is 97.3 Å². The van der Waals surface area contributed by atoms with Gasteiger partial charge in [-0.1, -0.05) is 58.8 Å². The van der Waals surface area contributed by atoms with E-state index in [2.05, 4.69) is 13.8 Å². The summed E-state index contributed by atoms with van der Waals surface area (Å²) in [7, 11) is 0. The first-order valence-corrected chi connectivity index (χ1v) is 10.3. The van der Waals surface area contributed by atoms with Gasteiger partial charge in [-0.05, 0) is 61.7 Å². The van der Waals surface area contributed by atoms with Gasteiger partial charge in [0, 0.05) is 6.42 Å². The van der Waals surface area contributed by atoms with E-state index < -0.39 is 5.97 Å². The third-order valence-electron chi connectivity index (χ3n) is 6.36. The predicted octanol–water partition coefficient (Wildman–Crippen LogP) is 6.29. The Morgan fingerprint density at radius 3 is 2.30 bits per heavy atom. The molecule has 0 aromatic carbocycles.